The van der Waals surface area contributed by atoms with E-state index in [-0.39, 0.29) is 17.9 Å². The summed E-state index contributed by atoms with van der Waals surface area (Å²) < 4.78 is 0. The van der Waals surface area contributed by atoms with E-state index in [4.69, 9.17) is 5.73 Å². The molecule has 2 bridgehead atoms. The Kier molecular flexibility index (Phi) is 3.60. The predicted octanol–water partition coefficient (Wildman–Crippen LogP) is 0.975. The van der Waals surface area contributed by atoms with Gasteiger partial charge in [0.05, 0.1) is 5.92 Å². The Morgan fingerprint density at radius 3 is 2.26 bits per heavy atom. The number of hydrogen-bond donors (Lipinski definition) is 3. The fourth-order valence-electron chi connectivity index (χ4n) is 3.61. The van der Waals surface area contributed by atoms with Crippen molar-refractivity contribution in [2.45, 2.75) is 52.1 Å². The quantitative estimate of drug-likeness (QED) is 0.711. The number of nitrogens with one attached hydrogen (secondary N) is 1. The lowest BCUT2D eigenvalue weighted by atomic mass is 9.82. The van der Waals surface area contributed by atoms with Crippen molar-refractivity contribution in [3.63, 3.8) is 0 Å². The molecule has 0 aliphatic heterocycles. The Bertz CT molecular complexity index is 387. The lowest BCUT2D eigenvalue weighted by Gasteiger charge is -2.32. The molecule has 0 aromatic rings. The first-order valence-electron chi connectivity index (χ1n) is 7.00. The zero-order chi connectivity index (χ0) is 14.4. The highest BCUT2D eigenvalue weighted by atomic mass is 16.4. The highest BCUT2D eigenvalue weighted by molar-refractivity contribution is 5.86. The van der Waals surface area contributed by atoms with E-state index >= 15 is 0 Å². The van der Waals surface area contributed by atoms with Gasteiger partial charge in [-0.1, -0.05) is 20.8 Å². The minimum absolute atomic E-state index is 0.104. The van der Waals surface area contributed by atoms with Crippen LogP contribution < -0.4 is 11.1 Å². The number of carbonyl (C=O) groups excluding carboxylic acids is 1. The zero-order valence-electron chi connectivity index (χ0n) is 11.8. The molecule has 2 saturated carbocycles. The second-order valence-corrected chi connectivity index (χ2v) is 7.08. The van der Waals surface area contributed by atoms with Gasteiger partial charge in [-0.05, 0) is 36.5 Å². The highest BCUT2D eigenvalue weighted by Crippen LogP contribution is 2.47. The first-order chi connectivity index (χ1) is 8.71. The molecule has 5 heteroatoms. The van der Waals surface area contributed by atoms with E-state index < -0.39 is 17.4 Å². The van der Waals surface area contributed by atoms with Crippen LogP contribution in [0.5, 0.6) is 0 Å². The third-order valence-corrected chi connectivity index (χ3v) is 4.68. The number of hydrogen-bond acceptors (Lipinski definition) is 3. The molecule has 0 aromatic heterocycles. The summed E-state index contributed by atoms with van der Waals surface area (Å²) in [4.78, 5) is 23.6. The van der Waals surface area contributed by atoms with Gasteiger partial charge in [-0.25, -0.2) is 4.79 Å². The Hall–Kier alpha value is -1.10. The van der Waals surface area contributed by atoms with Crippen LogP contribution in [-0.2, 0) is 9.59 Å². The maximum atomic E-state index is 12.4. The number of fused-ring (bicyclic) bond motifs is 2. The van der Waals surface area contributed by atoms with Gasteiger partial charge in [-0.15, -0.1) is 0 Å². The Balaban J connectivity index is 2.06. The topological polar surface area (TPSA) is 92.4 Å². The molecule has 2 aliphatic rings. The molecule has 4 unspecified atom stereocenters. The molecular formula is C14H24N2O3. The molecule has 4 N–H and O–H groups in total. The van der Waals surface area contributed by atoms with Gasteiger partial charge in [0, 0.05) is 6.04 Å². The SMILES string of the molecule is CC(C)(C)[C@H](NC(=O)C1C2CCC(C2)C1N)C(=O)O. The third-order valence-electron chi connectivity index (χ3n) is 4.68. The van der Waals surface area contributed by atoms with Gasteiger partial charge in [0.15, 0.2) is 0 Å². The summed E-state index contributed by atoms with van der Waals surface area (Å²) in [5, 5.41) is 11.9. The molecule has 2 fully saturated rings. The van der Waals surface area contributed by atoms with E-state index in [1.807, 2.05) is 20.8 Å². The van der Waals surface area contributed by atoms with Crippen LogP contribution in [0.1, 0.15) is 40.0 Å². The lowest BCUT2D eigenvalue weighted by molar-refractivity contribution is -0.146. The van der Waals surface area contributed by atoms with Crippen LogP contribution in [0, 0.1) is 23.2 Å². The molecule has 0 saturated heterocycles. The monoisotopic (exact) mass is 268 g/mol. The molecule has 5 atom stereocenters. The average molecular weight is 268 g/mol. The number of carbonyl (C=O) groups is 2. The van der Waals surface area contributed by atoms with E-state index in [1.54, 1.807) is 0 Å². The van der Waals surface area contributed by atoms with Crippen molar-refractivity contribution in [2.24, 2.45) is 28.9 Å². The van der Waals surface area contributed by atoms with Crippen LogP contribution in [0.3, 0.4) is 0 Å². The summed E-state index contributed by atoms with van der Waals surface area (Å²) in [6.45, 7) is 5.44. The first-order valence-corrected chi connectivity index (χ1v) is 7.00. The van der Waals surface area contributed by atoms with Crippen LogP contribution in [-0.4, -0.2) is 29.1 Å². The van der Waals surface area contributed by atoms with Crippen LogP contribution in [0.15, 0.2) is 0 Å². The molecule has 2 rings (SSSR count). The van der Waals surface area contributed by atoms with Gasteiger partial charge < -0.3 is 16.2 Å². The molecule has 1 amide bonds. The van der Waals surface area contributed by atoms with Gasteiger partial charge in [0.1, 0.15) is 6.04 Å². The molecule has 0 radical (unpaired) electrons. The van der Waals surface area contributed by atoms with E-state index in [0.717, 1.165) is 19.3 Å². The Morgan fingerprint density at radius 1 is 1.26 bits per heavy atom. The fourth-order valence-corrected chi connectivity index (χ4v) is 3.61. The molecule has 5 nitrogen and oxygen atoms in total. The molecule has 19 heavy (non-hydrogen) atoms. The number of carboxylic acid groups (broad SMARTS) is 1. The summed E-state index contributed by atoms with van der Waals surface area (Å²) >= 11 is 0. The molecule has 0 spiro atoms. The predicted molar refractivity (Wildman–Crippen MR) is 71.3 cm³/mol. The van der Waals surface area contributed by atoms with Crippen LogP contribution in [0.2, 0.25) is 0 Å². The molecule has 0 heterocycles. The normalized spacial score (nSPS) is 35.2. The summed E-state index contributed by atoms with van der Waals surface area (Å²) in [5.74, 6) is -0.587. The average Bonchev–Trinajstić information content (AvgIpc) is 2.83. The molecule has 2 aliphatic carbocycles. The number of aliphatic carboxylic acids is 1. The third kappa shape index (κ3) is 2.61. The summed E-state index contributed by atoms with van der Waals surface area (Å²) in [5.41, 5.74) is 5.61. The Morgan fingerprint density at radius 2 is 1.84 bits per heavy atom. The van der Waals surface area contributed by atoms with Crippen molar-refractivity contribution >= 4 is 11.9 Å². The van der Waals surface area contributed by atoms with Crippen molar-refractivity contribution in [1.82, 2.24) is 5.32 Å². The largest absolute Gasteiger partial charge is 0.480 e. The first kappa shape index (κ1) is 14.3. The number of rotatable bonds is 3. The minimum atomic E-state index is -0.988. The summed E-state index contributed by atoms with van der Waals surface area (Å²) in [7, 11) is 0. The number of amides is 1. The molecular weight excluding hydrogens is 244 g/mol. The van der Waals surface area contributed by atoms with E-state index in [9.17, 15) is 14.7 Å². The van der Waals surface area contributed by atoms with Crippen LogP contribution in [0.25, 0.3) is 0 Å². The second-order valence-electron chi connectivity index (χ2n) is 7.08. The lowest BCUT2D eigenvalue weighted by Crippen LogP contribution is -2.54. The fraction of sp³-hybridized carbons (Fsp3) is 0.857. The summed E-state index contributed by atoms with van der Waals surface area (Å²) in [6.07, 6.45) is 3.17. The van der Waals surface area contributed by atoms with Crippen LogP contribution >= 0.6 is 0 Å². The van der Waals surface area contributed by atoms with Crippen molar-refractivity contribution in [3.8, 4) is 0 Å². The van der Waals surface area contributed by atoms with Gasteiger partial charge in [0.25, 0.3) is 0 Å². The molecule has 0 aromatic carbocycles. The molecule has 108 valence electrons. The maximum absolute atomic E-state index is 12.4. The van der Waals surface area contributed by atoms with Crippen molar-refractivity contribution < 1.29 is 14.7 Å². The smallest absolute Gasteiger partial charge is 0.326 e. The van der Waals surface area contributed by atoms with Gasteiger partial charge in [-0.3, -0.25) is 4.79 Å². The standard InChI is InChI=1S/C14H24N2O3/c1-14(2,3)11(13(18)19)16-12(17)9-7-4-5-8(6-7)10(9)15/h7-11H,4-6,15H2,1-3H3,(H,16,17)(H,18,19)/t7?,8?,9?,10?,11-/m1/s1. The highest BCUT2D eigenvalue weighted by Gasteiger charge is 2.50. The maximum Gasteiger partial charge on any atom is 0.326 e. The van der Waals surface area contributed by atoms with Crippen molar-refractivity contribution in [3.05, 3.63) is 0 Å². The number of carboxylic acids is 1. The second kappa shape index (κ2) is 4.78. The van der Waals surface area contributed by atoms with Crippen molar-refractivity contribution in [2.75, 3.05) is 0 Å². The van der Waals surface area contributed by atoms with Gasteiger partial charge >= 0.3 is 5.97 Å². The van der Waals surface area contributed by atoms with Gasteiger partial charge in [0.2, 0.25) is 5.91 Å². The number of nitrogens with two attached hydrogens (primary N) is 1. The van der Waals surface area contributed by atoms with Gasteiger partial charge in [-0.2, -0.15) is 0 Å². The zero-order valence-corrected chi connectivity index (χ0v) is 11.8. The van der Waals surface area contributed by atoms with Crippen molar-refractivity contribution in [1.29, 1.82) is 0 Å². The van der Waals surface area contributed by atoms with E-state index in [2.05, 4.69) is 5.32 Å². The summed E-state index contributed by atoms with van der Waals surface area (Å²) in [6, 6.07) is -0.973. The minimum Gasteiger partial charge on any atom is -0.480 e. The Labute approximate surface area is 113 Å². The van der Waals surface area contributed by atoms with E-state index in [1.165, 1.54) is 0 Å². The van der Waals surface area contributed by atoms with Crippen LogP contribution in [0.4, 0.5) is 0 Å². The van der Waals surface area contributed by atoms with E-state index in [0.29, 0.717) is 11.8 Å².